The number of phenols is 1. The normalized spacial score (nSPS) is 11.4. The molecule has 0 spiro atoms. The molecule has 12 heteroatoms. The van der Waals surface area contributed by atoms with Gasteiger partial charge < -0.3 is 10.0 Å². The SMILES string of the molecule is Cc1nsc(N=Nc2c(N(C)C)ccc(N=Nc3snc(C)c3C#N)c2O)n1. The Bertz CT molecular complexity index is 1110. The molecule has 0 aliphatic carbocycles. The molecule has 0 saturated carbocycles. The summed E-state index contributed by atoms with van der Waals surface area (Å²) in [7, 11) is 3.65. The van der Waals surface area contributed by atoms with Crippen molar-refractivity contribution in [3.63, 3.8) is 0 Å². The van der Waals surface area contributed by atoms with Crippen molar-refractivity contribution in [3.8, 4) is 11.8 Å². The van der Waals surface area contributed by atoms with Crippen molar-refractivity contribution in [2.45, 2.75) is 13.8 Å². The molecule has 1 N–H and O–H groups in total. The highest BCUT2D eigenvalue weighted by Crippen LogP contribution is 2.44. The van der Waals surface area contributed by atoms with Gasteiger partial charge in [-0.25, -0.2) is 4.98 Å². The quantitative estimate of drug-likeness (QED) is 0.579. The molecule has 0 unspecified atom stereocenters. The molecule has 2 heterocycles. The Kier molecular flexibility index (Phi) is 5.67. The van der Waals surface area contributed by atoms with Gasteiger partial charge in [0.25, 0.3) is 0 Å². The monoisotopic (exact) mass is 413 g/mol. The van der Waals surface area contributed by atoms with E-state index in [0.29, 0.717) is 32.9 Å². The molecule has 28 heavy (non-hydrogen) atoms. The van der Waals surface area contributed by atoms with Crippen LogP contribution in [0.1, 0.15) is 17.1 Å². The fourth-order valence-corrected chi connectivity index (χ4v) is 3.35. The van der Waals surface area contributed by atoms with Gasteiger partial charge in [-0.2, -0.15) is 14.0 Å². The average Bonchev–Trinajstić information content (AvgIpc) is 3.24. The third-order valence-corrected chi connectivity index (χ3v) is 5.06. The number of rotatable bonds is 5. The maximum absolute atomic E-state index is 10.7. The van der Waals surface area contributed by atoms with E-state index in [4.69, 9.17) is 0 Å². The van der Waals surface area contributed by atoms with Crippen LogP contribution in [0.5, 0.6) is 5.75 Å². The smallest absolute Gasteiger partial charge is 0.249 e. The first-order chi connectivity index (χ1) is 13.4. The summed E-state index contributed by atoms with van der Waals surface area (Å²) < 4.78 is 8.14. The molecule has 0 aliphatic rings. The van der Waals surface area contributed by atoms with Crippen molar-refractivity contribution in [2.75, 3.05) is 19.0 Å². The molecule has 10 nitrogen and oxygen atoms in total. The number of phenolic OH excluding ortho intramolecular Hbond substituents is 1. The Morgan fingerprint density at radius 3 is 2.50 bits per heavy atom. The van der Waals surface area contributed by atoms with Crippen molar-refractivity contribution < 1.29 is 5.11 Å². The van der Waals surface area contributed by atoms with E-state index in [1.807, 2.05) is 14.1 Å². The lowest BCUT2D eigenvalue weighted by atomic mass is 10.2. The second kappa shape index (κ2) is 8.15. The van der Waals surface area contributed by atoms with Crippen LogP contribution in [0.15, 0.2) is 32.6 Å². The molecule has 0 fully saturated rings. The van der Waals surface area contributed by atoms with E-state index in [1.165, 1.54) is 0 Å². The van der Waals surface area contributed by atoms with Gasteiger partial charge in [-0.05, 0) is 37.5 Å². The van der Waals surface area contributed by atoms with Gasteiger partial charge in [0.1, 0.15) is 23.1 Å². The first kappa shape index (κ1) is 19.5. The van der Waals surface area contributed by atoms with E-state index in [2.05, 4.69) is 40.3 Å². The molecule has 0 aliphatic heterocycles. The van der Waals surface area contributed by atoms with E-state index < -0.39 is 0 Å². The summed E-state index contributed by atoms with van der Waals surface area (Å²) >= 11 is 2.18. The summed E-state index contributed by atoms with van der Waals surface area (Å²) in [5, 5.41) is 36.9. The highest BCUT2D eigenvalue weighted by atomic mass is 32.1. The summed E-state index contributed by atoms with van der Waals surface area (Å²) in [6.45, 7) is 3.49. The van der Waals surface area contributed by atoms with Crippen LogP contribution in [0.4, 0.5) is 27.2 Å². The maximum atomic E-state index is 10.7. The number of benzene rings is 1. The Morgan fingerprint density at radius 2 is 1.86 bits per heavy atom. The number of anilines is 1. The van der Waals surface area contributed by atoms with Gasteiger partial charge in [0.2, 0.25) is 5.13 Å². The van der Waals surface area contributed by atoms with Gasteiger partial charge in [-0.3, -0.25) is 0 Å². The highest BCUT2D eigenvalue weighted by Gasteiger charge is 2.15. The molecule has 1 aromatic carbocycles. The number of azo groups is 2. The van der Waals surface area contributed by atoms with Crippen LogP contribution in [-0.2, 0) is 0 Å². The zero-order valence-electron chi connectivity index (χ0n) is 15.4. The van der Waals surface area contributed by atoms with E-state index in [-0.39, 0.29) is 17.1 Å². The van der Waals surface area contributed by atoms with Gasteiger partial charge in [-0.1, -0.05) is 0 Å². The largest absolute Gasteiger partial charge is 0.504 e. The van der Waals surface area contributed by atoms with Crippen LogP contribution in [0, 0.1) is 25.2 Å². The van der Waals surface area contributed by atoms with Crippen molar-refractivity contribution >= 4 is 50.3 Å². The van der Waals surface area contributed by atoms with Crippen LogP contribution in [0.25, 0.3) is 0 Å². The summed E-state index contributed by atoms with van der Waals surface area (Å²) in [5.74, 6) is 0.423. The van der Waals surface area contributed by atoms with Gasteiger partial charge in [0.05, 0.1) is 11.4 Å². The van der Waals surface area contributed by atoms with E-state index in [0.717, 1.165) is 23.1 Å². The molecule has 0 amide bonds. The fraction of sp³-hybridized carbons (Fsp3) is 0.250. The van der Waals surface area contributed by atoms with Crippen LogP contribution >= 0.6 is 23.1 Å². The minimum atomic E-state index is -0.181. The molecule has 142 valence electrons. The maximum Gasteiger partial charge on any atom is 0.249 e. The lowest BCUT2D eigenvalue weighted by Gasteiger charge is -2.15. The van der Waals surface area contributed by atoms with Gasteiger partial charge in [-0.15, -0.1) is 20.5 Å². The zero-order chi connectivity index (χ0) is 20.3. The molecular formula is C16H15N9OS2. The lowest BCUT2D eigenvalue weighted by Crippen LogP contribution is -2.08. The fourth-order valence-electron chi connectivity index (χ4n) is 2.17. The molecule has 0 bridgehead atoms. The number of nitrogens with zero attached hydrogens (tertiary/aromatic N) is 9. The number of aromatic hydroxyl groups is 1. The summed E-state index contributed by atoms with van der Waals surface area (Å²) in [6, 6.07) is 5.41. The predicted octanol–water partition coefficient (Wildman–Crippen LogP) is 5.09. The molecular weight excluding hydrogens is 398 g/mol. The third-order valence-electron chi connectivity index (χ3n) is 3.55. The number of aromatic nitrogens is 3. The van der Waals surface area contributed by atoms with Crippen LogP contribution in [0.3, 0.4) is 0 Å². The zero-order valence-corrected chi connectivity index (χ0v) is 17.1. The summed E-state index contributed by atoms with van der Waals surface area (Å²) in [4.78, 5) is 5.92. The standard InChI is InChI=1S/C16H15N9OS2/c1-8-10(7-17)15(27-23-8)21-19-11-5-6-12(25(3)4)13(14(11)26)20-22-16-18-9(2)24-28-16/h5-6,26H,1-4H3. The van der Waals surface area contributed by atoms with E-state index in [1.54, 1.807) is 30.9 Å². The minimum absolute atomic E-state index is 0.181. The van der Waals surface area contributed by atoms with Crippen molar-refractivity contribution in [2.24, 2.45) is 20.5 Å². The third kappa shape index (κ3) is 4.00. The number of hydrogen-bond acceptors (Lipinski definition) is 12. The molecule has 0 atom stereocenters. The van der Waals surface area contributed by atoms with Crippen molar-refractivity contribution in [1.29, 1.82) is 5.26 Å². The molecule has 0 radical (unpaired) electrons. The van der Waals surface area contributed by atoms with Crippen LogP contribution < -0.4 is 4.90 Å². The van der Waals surface area contributed by atoms with Gasteiger partial charge in [0.15, 0.2) is 16.4 Å². The number of aryl methyl sites for hydroxylation is 2. The first-order valence-corrected chi connectivity index (χ1v) is 9.48. The Balaban J connectivity index is 2.00. The Hall–Kier alpha value is -3.30. The first-order valence-electron chi connectivity index (χ1n) is 7.94. The Labute approximate surface area is 168 Å². The average molecular weight is 413 g/mol. The Morgan fingerprint density at radius 1 is 1.07 bits per heavy atom. The lowest BCUT2D eigenvalue weighted by molar-refractivity contribution is 0.477. The molecule has 3 rings (SSSR count). The number of hydrogen-bond donors (Lipinski definition) is 1. The van der Waals surface area contributed by atoms with Crippen LogP contribution in [-0.4, -0.2) is 32.9 Å². The summed E-state index contributed by atoms with van der Waals surface area (Å²) in [5.41, 5.74) is 2.03. The summed E-state index contributed by atoms with van der Waals surface area (Å²) in [6.07, 6.45) is 0. The highest BCUT2D eigenvalue weighted by molar-refractivity contribution is 7.10. The topological polar surface area (TPSA) is 135 Å². The molecule has 0 saturated heterocycles. The predicted molar refractivity (Wildman–Crippen MR) is 107 cm³/mol. The molecule has 3 aromatic rings. The van der Waals surface area contributed by atoms with Crippen molar-refractivity contribution in [1.82, 2.24) is 13.7 Å². The second-order valence-corrected chi connectivity index (χ2v) is 7.26. The number of nitriles is 1. The van der Waals surface area contributed by atoms with Gasteiger partial charge in [0, 0.05) is 25.6 Å². The van der Waals surface area contributed by atoms with Crippen molar-refractivity contribution in [3.05, 3.63) is 29.2 Å². The second-order valence-electron chi connectivity index (χ2n) is 5.78. The van der Waals surface area contributed by atoms with Gasteiger partial charge >= 0.3 is 0 Å². The van der Waals surface area contributed by atoms with E-state index >= 15 is 0 Å². The van der Waals surface area contributed by atoms with E-state index in [9.17, 15) is 10.4 Å². The van der Waals surface area contributed by atoms with Crippen LogP contribution in [0.2, 0.25) is 0 Å². The minimum Gasteiger partial charge on any atom is -0.504 e. The molecule has 2 aromatic heterocycles.